The molecule has 0 aromatic carbocycles. The monoisotopic (exact) mass is 466 g/mol. The molecule has 1 atom stereocenters. The number of hydrogen-bond donors (Lipinski definition) is 1. The van der Waals surface area contributed by atoms with Crippen LogP contribution in [0.2, 0.25) is 0 Å². The van der Waals surface area contributed by atoms with Crippen molar-refractivity contribution in [1.29, 1.82) is 0 Å². The average molecular weight is 466 g/mol. The molecule has 0 saturated heterocycles. The Kier molecular flexibility index (Phi) is 8.87. The first-order chi connectivity index (χ1) is 11.0. The number of phosphoric ester groups is 1. The summed E-state index contributed by atoms with van der Waals surface area (Å²) in [6, 6.07) is 0. The van der Waals surface area contributed by atoms with E-state index in [2.05, 4.69) is 4.52 Å². The molecule has 158 valence electrons. The van der Waals surface area contributed by atoms with Crippen LogP contribution in [0, 0.1) is 0 Å². The van der Waals surface area contributed by atoms with Gasteiger partial charge in [0, 0.05) is 6.42 Å². The summed E-state index contributed by atoms with van der Waals surface area (Å²) in [6.45, 7) is -2.23. The summed E-state index contributed by atoms with van der Waals surface area (Å²) in [7, 11) is -5.86. The minimum Gasteiger partial charge on any atom is -0.756 e. The molecule has 0 aliphatic rings. The topological polar surface area (TPSA) is 69.6 Å². The van der Waals surface area contributed by atoms with E-state index in [-0.39, 0.29) is 29.6 Å². The summed E-state index contributed by atoms with van der Waals surface area (Å²) in [5.41, 5.74) is 0. The third-order valence-corrected chi connectivity index (χ3v) is 3.18. The molecular formula is C8H5F13NaO4P. The first-order valence-corrected chi connectivity index (χ1v) is 7.09. The normalized spacial score (nSPS) is 17.3. The Balaban J connectivity index is 0. The van der Waals surface area contributed by atoms with Crippen molar-refractivity contribution in [3.63, 3.8) is 0 Å². The number of alkyl halides is 13. The smallest absolute Gasteiger partial charge is 0.756 e. The third kappa shape index (κ3) is 5.42. The summed E-state index contributed by atoms with van der Waals surface area (Å²) < 4.78 is 177. The molecule has 0 fully saturated rings. The van der Waals surface area contributed by atoms with Crippen LogP contribution < -0.4 is 34.5 Å². The second-order valence-electron chi connectivity index (χ2n) is 4.55. The van der Waals surface area contributed by atoms with Gasteiger partial charge in [-0.25, -0.2) is 0 Å². The van der Waals surface area contributed by atoms with E-state index in [9.17, 15) is 66.5 Å². The molecule has 1 N–H and O–H groups in total. The van der Waals surface area contributed by atoms with Gasteiger partial charge in [0.05, 0.1) is 6.61 Å². The minimum absolute atomic E-state index is 0. The van der Waals surface area contributed by atoms with Crippen LogP contribution in [0.3, 0.4) is 0 Å². The van der Waals surface area contributed by atoms with Crippen molar-refractivity contribution in [3.05, 3.63) is 0 Å². The van der Waals surface area contributed by atoms with Crippen molar-refractivity contribution >= 4 is 7.82 Å². The van der Waals surface area contributed by atoms with Crippen molar-refractivity contribution in [2.75, 3.05) is 6.61 Å². The first-order valence-electron chi connectivity index (χ1n) is 5.60. The first kappa shape index (κ1) is 29.4. The second kappa shape index (κ2) is 8.14. The van der Waals surface area contributed by atoms with E-state index in [0.29, 0.717) is 0 Å². The van der Waals surface area contributed by atoms with Crippen molar-refractivity contribution in [2.24, 2.45) is 0 Å². The molecule has 0 rings (SSSR count). The van der Waals surface area contributed by atoms with Crippen molar-refractivity contribution in [2.45, 2.75) is 42.2 Å². The molecule has 0 aromatic heterocycles. The Labute approximate surface area is 162 Å². The van der Waals surface area contributed by atoms with E-state index in [0.717, 1.165) is 0 Å². The zero-order chi connectivity index (χ0) is 21.6. The Bertz CT molecular complexity index is 557. The molecule has 0 amide bonds. The van der Waals surface area contributed by atoms with Gasteiger partial charge in [-0.05, 0) is 0 Å². The average Bonchev–Trinajstić information content (AvgIpc) is 2.34. The summed E-state index contributed by atoms with van der Waals surface area (Å²) in [5, 5.41) is 0. The van der Waals surface area contributed by atoms with E-state index >= 15 is 0 Å². The number of halogens is 13. The molecule has 27 heavy (non-hydrogen) atoms. The van der Waals surface area contributed by atoms with Crippen molar-refractivity contribution in [3.8, 4) is 0 Å². The molecule has 0 aromatic rings. The van der Waals surface area contributed by atoms with Crippen molar-refractivity contribution in [1.82, 2.24) is 0 Å². The molecule has 0 heterocycles. The van der Waals surface area contributed by atoms with Gasteiger partial charge in [0.25, 0.3) is 7.82 Å². The number of phosphoric acid groups is 1. The van der Waals surface area contributed by atoms with E-state index in [4.69, 9.17) is 4.89 Å². The Morgan fingerprint density at radius 2 is 1.07 bits per heavy atom. The van der Waals surface area contributed by atoms with Crippen LogP contribution in [0.5, 0.6) is 0 Å². The molecule has 19 heteroatoms. The second-order valence-corrected chi connectivity index (χ2v) is 5.75. The SMILES string of the molecule is O=P([O-])(O)OCCC(F)(F)C(F)(F)C(F)(F)C(F)(F)C(F)(F)C(F)(F)F.[Na+]. The molecular weight excluding hydrogens is 461 g/mol. The largest absolute Gasteiger partial charge is 1.00 e. The molecule has 0 aliphatic heterocycles. The Morgan fingerprint density at radius 1 is 0.741 bits per heavy atom. The summed E-state index contributed by atoms with van der Waals surface area (Å²) in [4.78, 5) is 18.0. The van der Waals surface area contributed by atoms with Crippen LogP contribution in [0.1, 0.15) is 6.42 Å². The zero-order valence-corrected chi connectivity index (χ0v) is 15.3. The maximum absolute atomic E-state index is 13.1. The van der Waals surface area contributed by atoms with E-state index in [1.54, 1.807) is 0 Å². The Morgan fingerprint density at radius 3 is 1.37 bits per heavy atom. The predicted molar refractivity (Wildman–Crippen MR) is 51.2 cm³/mol. The molecule has 0 spiro atoms. The predicted octanol–water partition coefficient (Wildman–Crippen LogP) is 0.597. The van der Waals surface area contributed by atoms with Gasteiger partial charge in [-0.2, -0.15) is 57.1 Å². The van der Waals surface area contributed by atoms with Gasteiger partial charge in [0.15, 0.2) is 0 Å². The van der Waals surface area contributed by atoms with E-state index in [1.807, 2.05) is 0 Å². The quantitative estimate of drug-likeness (QED) is 0.324. The van der Waals surface area contributed by atoms with Gasteiger partial charge in [-0.1, -0.05) is 0 Å². The van der Waals surface area contributed by atoms with Crippen LogP contribution in [0.15, 0.2) is 0 Å². The maximum Gasteiger partial charge on any atom is 1.00 e. The molecule has 4 nitrogen and oxygen atoms in total. The van der Waals surface area contributed by atoms with Gasteiger partial charge < -0.3 is 14.3 Å². The minimum atomic E-state index is -8.03. The molecule has 0 saturated carbocycles. The number of rotatable bonds is 8. The van der Waals surface area contributed by atoms with Crippen LogP contribution in [0.25, 0.3) is 0 Å². The van der Waals surface area contributed by atoms with E-state index < -0.39 is 56.6 Å². The fraction of sp³-hybridized carbons (Fsp3) is 1.00. The fourth-order valence-corrected chi connectivity index (χ4v) is 1.57. The van der Waals surface area contributed by atoms with Gasteiger partial charge in [-0.3, -0.25) is 4.57 Å². The summed E-state index contributed by atoms with van der Waals surface area (Å²) in [5.74, 6) is -37.8. The zero-order valence-electron chi connectivity index (χ0n) is 12.4. The maximum atomic E-state index is 13.1. The molecule has 1 unspecified atom stereocenters. The van der Waals surface area contributed by atoms with Gasteiger partial charge in [-0.15, -0.1) is 0 Å². The number of hydrogen-bond acceptors (Lipinski definition) is 3. The van der Waals surface area contributed by atoms with Crippen LogP contribution >= 0.6 is 7.82 Å². The van der Waals surface area contributed by atoms with Crippen LogP contribution in [-0.4, -0.2) is 47.3 Å². The molecule has 0 radical (unpaired) electrons. The van der Waals surface area contributed by atoms with Crippen LogP contribution in [0.4, 0.5) is 57.1 Å². The fourth-order valence-electron chi connectivity index (χ4n) is 1.25. The summed E-state index contributed by atoms with van der Waals surface area (Å²) >= 11 is 0. The third-order valence-electron chi connectivity index (χ3n) is 2.67. The van der Waals surface area contributed by atoms with Gasteiger partial charge in [0.1, 0.15) is 0 Å². The van der Waals surface area contributed by atoms with Crippen molar-refractivity contribution < 1.29 is 106 Å². The van der Waals surface area contributed by atoms with E-state index in [1.165, 1.54) is 0 Å². The standard InChI is InChI=1S/C8H6F13O4P.Na/c9-3(10,1-2-25-26(22,23)24)4(11,12)5(13,14)6(15,16)7(17,18)8(19,20)21;/h1-2H2,(H2,22,23,24);/q;+1/p-1. The van der Waals surface area contributed by atoms with Gasteiger partial charge in [0.2, 0.25) is 0 Å². The molecule has 0 bridgehead atoms. The summed E-state index contributed by atoms with van der Waals surface area (Å²) in [6.07, 6.45) is -10.4. The van der Waals surface area contributed by atoms with Gasteiger partial charge >= 0.3 is 65.3 Å². The van der Waals surface area contributed by atoms with Crippen LogP contribution in [-0.2, 0) is 9.09 Å². The Hall–Kier alpha value is 0.200. The molecule has 0 aliphatic carbocycles.